The van der Waals surface area contributed by atoms with Crippen molar-refractivity contribution in [2.75, 3.05) is 19.6 Å². The van der Waals surface area contributed by atoms with Gasteiger partial charge in [-0.25, -0.2) is 0 Å². The molecule has 18 heavy (non-hydrogen) atoms. The fourth-order valence-electron chi connectivity index (χ4n) is 2.61. The summed E-state index contributed by atoms with van der Waals surface area (Å²) in [5.41, 5.74) is 0.293. The number of hydrogen-bond acceptors (Lipinski definition) is 3. The maximum Gasteiger partial charge on any atom is 0.0328 e. The molecule has 102 valence electrons. The fourth-order valence-corrected chi connectivity index (χ4v) is 3.61. The summed E-state index contributed by atoms with van der Waals surface area (Å²) in [6.45, 7) is 11.6. The molecule has 2 nitrogen and oxygen atoms in total. The Kier molecular flexibility index (Phi) is 4.82. The summed E-state index contributed by atoms with van der Waals surface area (Å²) in [7, 11) is 0. The topological polar surface area (TPSA) is 15.3 Å². The highest BCUT2D eigenvalue weighted by atomic mass is 32.1. The summed E-state index contributed by atoms with van der Waals surface area (Å²) in [5, 5.41) is 3.70. The Morgan fingerprint density at radius 3 is 2.78 bits per heavy atom. The molecular formula is C15H26N2S. The Morgan fingerprint density at radius 1 is 1.33 bits per heavy atom. The van der Waals surface area contributed by atoms with E-state index in [0.717, 1.165) is 13.1 Å². The number of nitrogens with zero attached hydrogens (tertiary/aromatic N) is 1. The van der Waals surface area contributed by atoms with Crippen molar-refractivity contribution in [1.29, 1.82) is 0 Å². The number of hydrogen-bond donors (Lipinski definition) is 1. The molecule has 0 radical (unpaired) electrons. The second-order valence-electron chi connectivity index (χ2n) is 5.63. The molecule has 0 aliphatic carbocycles. The average Bonchev–Trinajstić information content (AvgIpc) is 2.73. The van der Waals surface area contributed by atoms with E-state index in [1.165, 1.54) is 42.1 Å². The molecule has 1 aromatic heterocycles. The van der Waals surface area contributed by atoms with Gasteiger partial charge in [0.1, 0.15) is 0 Å². The first-order valence-corrected chi connectivity index (χ1v) is 8.02. The van der Waals surface area contributed by atoms with Crippen LogP contribution in [-0.2, 0) is 13.0 Å². The molecule has 1 unspecified atom stereocenters. The highest BCUT2D eigenvalue weighted by Crippen LogP contribution is 2.22. The zero-order valence-electron chi connectivity index (χ0n) is 12.0. The molecule has 1 saturated heterocycles. The third-order valence-electron chi connectivity index (χ3n) is 4.00. The molecule has 1 aliphatic heterocycles. The van der Waals surface area contributed by atoms with E-state index < -0.39 is 0 Å². The first-order chi connectivity index (χ1) is 8.65. The van der Waals surface area contributed by atoms with Crippen LogP contribution in [0.4, 0.5) is 0 Å². The lowest BCUT2D eigenvalue weighted by atomic mass is 9.98. The van der Waals surface area contributed by atoms with Crippen molar-refractivity contribution in [3.8, 4) is 0 Å². The summed E-state index contributed by atoms with van der Waals surface area (Å²) in [4.78, 5) is 5.65. The molecule has 0 spiro atoms. The Morgan fingerprint density at radius 2 is 2.11 bits per heavy atom. The molecule has 1 N–H and O–H groups in total. The Balaban J connectivity index is 1.98. The Labute approximate surface area is 115 Å². The number of thiophene rings is 1. The van der Waals surface area contributed by atoms with Gasteiger partial charge in [-0.3, -0.25) is 4.90 Å². The molecule has 1 atom stereocenters. The third kappa shape index (κ3) is 3.56. The van der Waals surface area contributed by atoms with Crippen LogP contribution in [0.1, 0.15) is 43.4 Å². The molecule has 1 fully saturated rings. The van der Waals surface area contributed by atoms with Crippen LogP contribution in [0.5, 0.6) is 0 Å². The lowest BCUT2D eigenvalue weighted by Gasteiger charge is -2.32. The maximum absolute atomic E-state index is 3.70. The van der Waals surface area contributed by atoms with Gasteiger partial charge in [-0.15, -0.1) is 11.3 Å². The second kappa shape index (κ2) is 6.18. The smallest absolute Gasteiger partial charge is 0.0328 e. The van der Waals surface area contributed by atoms with Crippen molar-refractivity contribution in [3.63, 3.8) is 0 Å². The zero-order chi connectivity index (χ0) is 13.0. The normalized spacial score (nSPS) is 26.2. The first kappa shape index (κ1) is 14.0. The van der Waals surface area contributed by atoms with Gasteiger partial charge in [0.25, 0.3) is 0 Å². The molecule has 0 saturated carbocycles. The summed E-state index contributed by atoms with van der Waals surface area (Å²) in [6.07, 6.45) is 3.63. The molecule has 0 amide bonds. The van der Waals surface area contributed by atoms with Crippen LogP contribution >= 0.6 is 11.3 Å². The lowest BCUT2D eigenvalue weighted by Crippen LogP contribution is -2.48. The highest BCUT2D eigenvalue weighted by Gasteiger charge is 2.27. The van der Waals surface area contributed by atoms with E-state index in [1.807, 2.05) is 11.3 Å². The van der Waals surface area contributed by atoms with Crippen LogP contribution in [0.3, 0.4) is 0 Å². The van der Waals surface area contributed by atoms with Crippen molar-refractivity contribution in [2.24, 2.45) is 0 Å². The number of nitrogens with one attached hydrogen (secondary N) is 1. The van der Waals surface area contributed by atoms with E-state index in [2.05, 4.69) is 43.1 Å². The molecule has 2 heterocycles. The van der Waals surface area contributed by atoms with Crippen LogP contribution in [0.25, 0.3) is 0 Å². The first-order valence-electron chi connectivity index (χ1n) is 7.20. The van der Waals surface area contributed by atoms with E-state index >= 15 is 0 Å². The van der Waals surface area contributed by atoms with Gasteiger partial charge in [0, 0.05) is 28.4 Å². The van der Waals surface area contributed by atoms with Crippen LogP contribution in [0.15, 0.2) is 12.1 Å². The lowest BCUT2D eigenvalue weighted by molar-refractivity contribution is 0.210. The maximum atomic E-state index is 3.70. The van der Waals surface area contributed by atoms with Crippen molar-refractivity contribution in [1.82, 2.24) is 10.2 Å². The molecule has 3 heteroatoms. The minimum Gasteiger partial charge on any atom is -0.310 e. The summed E-state index contributed by atoms with van der Waals surface area (Å²) in [6, 6.07) is 4.60. The van der Waals surface area contributed by atoms with Crippen LogP contribution in [0, 0.1) is 0 Å². The van der Waals surface area contributed by atoms with Crippen molar-refractivity contribution >= 4 is 11.3 Å². The predicted molar refractivity (Wildman–Crippen MR) is 80.3 cm³/mol. The van der Waals surface area contributed by atoms with E-state index in [0.29, 0.717) is 5.54 Å². The SMILES string of the molecule is CCc1ccc(CN2CCCNC(C)(CC)C2)s1. The standard InChI is InChI=1S/C15H26N2S/c1-4-13-7-8-14(18-13)11-17-10-6-9-16-15(3,5-2)12-17/h7-8,16H,4-6,9-12H2,1-3H3. The Bertz CT molecular complexity index is 374. The quantitative estimate of drug-likeness (QED) is 0.900. The number of aryl methyl sites for hydroxylation is 1. The van der Waals surface area contributed by atoms with E-state index in [-0.39, 0.29) is 0 Å². The van der Waals surface area contributed by atoms with Crippen LogP contribution in [-0.4, -0.2) is 30.1 Å². The molecular weight excluding hydrogens is 240 g/mol. The van der Waals surface area contributed by atoms with Gasteiger partial charge in [0.2, 0.25) is 0 Å². The Hall–Kier alpha value is -0.380. The molecule has 2 rings (SSSR count). The largest absolute Gasteiger partial charge is 0.310 e. The minimum absolute atomic E-state index is 0.293. The van der Waals surface area contributed by atoms with E-state index in [1.54, 1.807) is 0 Å². The van der Waals surface area contributed by atoms with E-state index in [9.17, 15) is 0 Å². The van der Waals surface area contributed by atoms with Gasteiger partial charge in [0.05, 0.1) is 0 Å². The molecule has 0 bridgehead atoms. The summed E-state index contributed by atoms with van der Waals surface area (Å²) < 4.78 is 0. The van der Waals surface area contributed by atoms with Crippen LogP contribution < -0.4 is 5.32 Å². The van der Waals surface area contributed by atoms with Gasteiger partial charge in [-0.1, -0.05) is 13.8 Å². The highest BCUT2D eigenvalue weighted by molar-refractivity contribution is 7.11. The average molecular weight is 266 g/mol. The van der Waals surface area contributed by atoms with Crippen molar-refractivity contribution in [3.05, 3.63) is 21.9 Å². The molecule has 1 aliphatic rings. The predicted octanol–water partition coefficient (Wildman–Crippen LogP) is 3.27. The fraction of sp³-hybridized carbons (Fsp3) is 0.733. The van der Waals surface area contributed by atoms with Gasteiger partial charge < -0.3 is 5.32 Å². The summed E-state index contributed by atoms with van der Waals surface area (Å²) in [5.74, 6) is 0. The molecule has 0 aromatic carbocycles. The zero-order valence-corrected chi connectivity index (χ0v) is 12.8. The minimum atomic E-state index is 0.293. The second-order valence-corrected chi connectivity index (χ2v) is 6.88. The van der Waals surface area contributed by atoms with Crippen molar-refractivity contribution < 1.29 is 0 Å². The van der Waals surface area contributed by atoms with E-state index in [4.69, 9.17) is 0 Å². The third-order valence-corrected chi connectivity index (χ3v) is 5.22. The van der Waals surface area contributed by atoms with Crippen LogP contribution in [0.2, 0.25) is 0 Å². The molecule has 1 aromatic rings. The summed E-state index contributed by atoms with van der Waals surface area (Å²) >= 11 is 1.98. The van der Waals surface area contributed by atoms with Gasteiger partial charge in [-0.2, -0.15) is 0 Å². The van der Waals surface area contributed by atoms with Gasteiger partial charge in [0.15, 0.2) is 0 Å². The monoisotopic (exact) mass is 266 g/mol. The van der Waals surface area contributed by atoms with Gasteiger partial charge >= 0.3 is 0 Å². The van der Waals surface area contributed by atoms with Gasteiger partial charge in [-0.05, 0) is 51.4 Å². The number of rotatable bonds is 4. The van der Waals surface area contributed by atoms with Crippen molar-refractivity contribution in [2.45, 2.75) is 52.1 Å².